The van der Waals surface area contributed by atoms with Gasteiger partial charge >= 0.3 is 6.03 Å². The number of nitrogens with zero attached hydrogens (tertiary/aromatic N) is 5. The van der Waals surface area contributed by atoms with Gasteiger partial charge in [-0.15, -0.1) is 0 Å². The second-order valence-electron chi connectivity index (χ2n) is 7.99. The molecule has 3 heterocycles. The number of urea groups is 1. The van der Waals surface area contributed by atoms with Crippen molar-refractivity contribution in [2.45, 2.75) is 13.0 Å². The topological polar surface area (TPSA) is 69.6 Å². The molecule has 2 saturated heterocycles. The molecule has 29 heavy (non-hydrogen) atoms. The van der Waals surface area contributed by atoms with Crippen LogP contribution < -0.4 is 0 Å². The number of rotatable bonds is 2. The molecule has 1 aromatic heterocycles. The summed E-state index contributed by atoms with van der Waals surface area (Å²) in [6.07, 6.45) is 2.97. The Morgan fingerprint density at radius 2 is 2.00 bits per heavy atom. The predicted molar refractivity (Wildman–Crippen MR) is 105 cm³/mol. The fourth-order valence-corrected chi connectivity index (χ4v) is 4.55. The van der Waals surface area contributed by atoms with Crippen molar-refractivity contribution < 1.29 is 14.0 Å². The summed E-state index contributed by atoms with van der Waals surface area (Å²) in [4.78, 5) is 39.1. The van der Waals surface area contributed by atoms with E-state index in [9.17, 15) is 14.0 Å². The van der Waals surface area contributed by atoms with E-state index in [1.807, 2.05) is 15.9 Å². The zero-order chi connectivity index (χ0) is 20.7. The minimum atomic E-state index is -0.328. The van der Waals surface area contributed by atoms with Crippen LogP contribution in [0, 0.1) is 24.6 Å². The molecule has 152 valence electrons. The molecule has 1 aromatic carbocycles. The van der Waals surface area contributed by atoms with E-state index in [0.29, 0.717) is 30.9 Å². The molecule has 3 amide bonds. The Balaban J connectivity index is 1.63. The first-order valence-electron chi connectivity index (χ1n) is 9.66. The van der Waals surface area contributed by atoms with Crippen molar-refractivity contribution in [2.24, 2.45) is 11.8 Å². The molecule has 8 heteroatoms. The predicted octanol–water partition coefficient (Wildman–Crippen LogP) is 2.35. The van der Waals surface area contributed by atoms with E-state index in [4.69, 9.17) is 0 Å². The summed E-state index contributed by atoms with van der Waals surface area (Å²) in [5, 5.41) is 0. The van der Waals surface area contributed by atoms with Gasteiger partial charge in [0.15, 0.2) is 0 Å². The van der Waals surface area contributed by atoms with E-state index in [2.05, 4.69) is 9.97 Å². The monoisotopic (exact) mass is 397 g/mol. The molecule has 2 fully saturated rings. The van der Waals surface area contributed by atoms with Gasteiger partial charge in [0.25, 0.3) is 5.91 Å². The highest BCUT2D eigenvalue weighted by Gasteiger charge is 2.50. The summed E-state index contributed by atoms with van der Waals surface area (Å²) < 4.78 is 13.9. The highest BCUT2D eigenvalue weighted by Crippen LogP contribution is 2.45. The Kier molecular flexibility index (Phi) is 4.94. The first-order valence-corrected chi connectivity index (χ1v) is 9.66. The van der Waals surface area contributed by atoms with Crippen molar-refractivity contribution in [1.29, 1.82) is 0 Å². The van der Waals surface area contributed by atoms with Crippen LogP contribution in [-0.4, -0.2) is 70.3 Å². The molecule has 0 unspecified atom stereocenters. The van der Waals surface area contributed by atoms with Crippen LogP contribution in [0.5, 0.6) is 0 Å². The molecule has 4 rings (SSSR count). The SMILES string of the molecule is Cc1ncncc1C(=O)N1C[C@@H]2CN(C(=O)N(C)C)[C@@H](c3cccc(F)c3)[C@@H]2C1. The smallest absolute Gasteiger partial charge is 0.320 e. The lowest BCUT2D eigenvalue weighted by Gasteiger charge is -2.32. The summed E-state index contributed by atoms with van der Waals surface area (Å²) in [6.45, 7) is 3.40. The van der Waals surface area contributed by atoms with Gasteiger partial charge in [-0.05, 0) is 24.6 Å². The van der Waals surface area contributed by atoms with Crippen molar-refractivity contribution in [2.75, 3.05) is 33.7 Å². The van der Waals surface area contributed by atoms with Crippen LogP contribution in [0.2, 0.25) is 0 Å². The molecule has 0 radical (unpaired) electrons. The molecule has 7 nitrogen and oxygen atoms in total. The summed E-state index contributed by atoms with van der Waals surface area (Å²) in [5.41, 5.74) is 1.91. The number of hydrogen-bond acceptors (Lipinski definition) is 4. The molecular weight excluding hydrogens is 373 g/mol. The van der Waals surface area contributed by atoms with Gasteiger partial charge in [-0.1, -0.05) is 12.1 Å². The van der Waals surface area contributed by atoms with Gasteiger partial charge in [0.2, 0.25) is 0 Å². The minimum absolute atomic E-state index is 0.0505. The summed E-state index contributed by atoms with van der Waals surface area (Å²) >= 11 is 0. The molecular formula is C21H24FN5O2. The number of amides is 3. The third-order valence-corrected chi connectivity index (χ3v) is 5.91. The van der Waals surface area contributed by atoms with Crippen LogP contribution in [0.25, 0.3) is 0 Å². The highest BCUT2D eigenvalue weighted by molar-refractivity contribution is 5.95. The molecule has 3 atom stereocenters. The number of aryl methyl sites for hydroxylation is 1. The standard InChI is InChI=1S/C21H24FN5O2/c1-13-17(8-23-12-24-13)20(28)26-9-15-10-27(21(29)25(2)3)19(18(15)11-26)14-5-4-6-16(22)7-14/h4-8,12,15,18-19H,9-11H2,1-3H3/t15-,18-,19+/m1/s1. The van der Waals surface area contributed by atoms with Crippen molar-refractivity contribution in [3.8, 4) is 0 Å². The first-order chi connectivity index (χ1) is 13.9. The van der Waals surface area contributed by atoms with Crippen molar-refractivity contribution >= 4 is 11.9 Å². The number of fused-ring (bicyclic) bond motifs is 1. The number of carbonyl (C=O) groups excluding carboxylic acids is 2. The Bertz CT molecular complexity index is 950. The van der Waals surface area contributed by atoms with E-state index in [1.54, 1.807) is 38.2 Å². The van der Waals surface area contributed by atoms with Crippen molar-refractivity contribution in [1.82, 2.24) is 24.7 Å². The molecule has 2 aliphatic heterocycles. The average molecular weight is 397 g/mol. The highest BCUT2D eigenvalue weighted by atomic mass is 19.1. The van der Waals surface area contributed by atoms with Crippen LogP contribution >= 0.6 is 0 Å². The number of hydrogen-bond donors (Lipinski definition) is 0. The minimum Gasteiger partial charge on any atom is -0.338 e. The lowest BCUT2D eigenvalue weighted by atomic mass is 9.89. The van der Waals surface area contributed by atoms with Crippen LogP contribution in [0.15, 0.2) is 36.8 Å². The van der Waals surface area contributed by atoms with Gasteiger partial charge in [0.1, 0.15) is 12.1 Å². The molecule has 0 aliphatic carbocycles. The summed E-state index contributed by atoms with van der Waals surface area (Å²) in [5.74, 6) is -0.234. The van der Waals surface area contributed by atoms with E-state index in [-0.39, 0.29) is 35.6 Å². The zero-order valence-corrected chi connectivity index (χ0v) is 16.7. The summed E-state index contributed by atoms with van der Waals surface area (Å²) in [7, 11) is 3.43. The Hall–Kier alpha value is -3.03. The Labute approximate surface area is 169 Å². The first kappa shape index (κ1) is 19.3. The summed E-state index contributed by atoms with van der Waals surface area (Å²) in [6, 6.07) is 6.04. The molecule has 0 spiro atoms. The van der Waals surface area contributed by atoms with E-state index in [0.717, 1.165) is 5.56 Å². The van der Waals surface area contributed by atoms with Crippen LogP contribution in [0.4, 0.5) is 9.18 Å². The maximum absolute atomic E-state index is 13.9. The average Bonchev–Trinajstić information content (AvgIpc) is 3.25. The van der Waals surface area contributed by atoms with E-state index >= 15 is 0 Å². The van der Waals surface area contributed by atoms with Gasteiger partial charge in [-0.25, -0.2) is 19.2 Å². The normalized spacial score (nSPS) is 23.2. The lowest BCUT2D eigenvalue weighted by molar-refractivity contribution is 0.0765. The van der Waals surface area contributed by atoms with Gasteiger partial charge in [-0.2, -0.15) is 0 Å². The lowest BCUT2D eigenvalue weighted by Crippen LogP contribution is -2.42. The second kappa shape index (κ2) is 7.42. The molecule has 2 aromatic rings. The fraction of sp³-hybridized carbons (Fsp3) is 0.429. The molecule has 2 aliphatic rings. The second-order valence-corrected chi connectivity index (χ2v) is 7.99. The number of halogens is 1. The number of benzene rings is 1. The van der Waals surface area contributed by atoms with Gasteiger partial charge in [-0.3, -0.25) is 4.79 Å². The number of aromatic nitrogens is 2. The maximum atomic E-state index is 13.9. The fourth-order valence-electron chi connectivity index (χ4n) is 4.55. The third-order valence-electron chi connectivity index (χ3n) is 5.91. The quantitative estimate of drug-likeness (QED) is 0.780. The van der Waals surface area contributed by atoms with E-state index < -0.39 is 0 Å². The van der Waals surface area contributed by atoms with Gasteiger partial charge < -0.3 is 14.7 Å². The zero-order valence-electron chi connectivity index (χ0n) is 16.7. The van der Waals surface area contributed by atoms with Gasteiger partial charge in [0.05, 0.1) is 17.3 Å². The van der Waals surface area contributed by atoms with Crippen molar-refractivity contribution in [3.63, 3.8) is 0 Å². The van der Waals surface area contributed by atoms with Crippen LogP contribution in [0.1, 0.15) is 27.7 Å². The third kappa shape index (κ3) is 3.43. The van der Waals surface area contributed by atoms with Crippen LogP contribution in [0.3, 0.4) is 0 Å². The molecule has 0 saturated carbocycles. The maximum Gasteiger partial charge on any atom is 0.320 e. The Morgan fingerprint density at radius 3 is 2.69 bits per heavy atom. The molecule has 0 N–H and O–H groups in total. The Morgan fingerprint density at radius 1 is 1.21 bits per heavy atom. The molecule has 0 bridgehead atoms. The largest absolute Gasteiger partial charge is 0.338 e. The number of carbonyl (C=O) groups is 2. The van der Waals surface area contributed by atoms with Crippen LogP contribution in [-0.2, 0) is 0 Å². The van der Waals surface area contributed by atoms with Crippen molar-refractivity contribution in [3.05, 3.63) is 59.4 Å². The van der Waals surface area contributed by atoms with Gasteiger partial charge in [0, 0.05) is 51.8 Å². The number of likely N-dealkylation sites (tertiary alicyclic amines) is 2. The van der Waals surface area contributed by atoms with E-state index in [1.165, 1.54) is 18.5 Å².